The van der Waals surface area contributed by atoms with Crippen LogP contribution < -0.4 is 4.74 Å². The summed E-state index contributed by atoms with van der Waals surface area (Å²) in [6, 6.07) is 12.8. The van der Waals surface area contributed by atoms with Gasteiger partial charge in [-0.05, 0) is 31.2 Å². The van der Waals surface area contributed by atoms with Crippen LogP contribution in [0.4, 0.5) is 0 Å². The number of fused-ring (bicyclic) bond motifs is 1. The largest absolute Gasteiger partial charge is 0.493 e. The van der Waals surface area contributed by atoms with Crippen LogP contribution >= 0.6 is 0 Å². The number of nitrogens with zero attached hydrogens (tertiary/aromatic N) is 1. The Balaban J connectivity index is 1.85. The number of imide groups is 1. The molecule has 0 unspecified atom stereocenters. The summed E-state index contributed by atoms with van der Waals surface area (Å²) in [6.45, 7) is 2.16. The lowest BCUT2D eigenvalue weighted by molar-refractivity contribution is -0.0586. The monoisotopic (exact) mass is 311 g/mol. The average Bonchev–Trinajstić information content (AvgIpc) is 2.81. The number of hydrogen-bond donors (Lipinski definition) is 0. The molecule has 0 N–H and O–H groups in total. The molecule has 23 heavy (non-hydrogen) atoms. The van der Waals surface area contributed by atoms with Crippen LogP contribution in [-0.2, 0) is 4.84 Å². The van der Waals surface area contributed by atoms with Gasteiger partial charge in [0.2, 0.25) is 0 Å². The maximum atomic E-state index is 12.3. The molecule has 0 atom stereocenters. The Labute approximate surface area is 132 Å². The Morgan fingerprint density at radius 1 is 0.957 bits per heavy atom. The third-order valence-electron chi connectivity index (χ3n) is 3.34. The molecular weight excluding hydrogens is 298 g/mol. The summed E-state index contributed by atoms with van der Waals surface area (Å²) in [5, 5.41) is 0.482. The van der Waals surface area contributed by atoms with Gasteiger partial charge in [-0.3, -0.25) is 9.59 Å². The van der Waals surface area contributed by atoms with Crippen molar-refractivity contribution in [1.82, 2.24) is 5.06 Å². The molecule has 6 heteroatoms. The molecule has 6 nitrogen and oxygen atoms in total. The molecule has 0 bridgehead atoms. The van der Waals surface area contributed by atoms with Crippen molar-refractivity contribution in [2.24, 2.45) is 0 Å². The van der Waals surface area contributed by atoms with Crippen LogP contribution in [0.2, 0.25) is 0 Å². The first-order valence-corrected chi connectivity index (χ1v) is 7.05. The van der Waals surface area contributed by atoms with Crippen molar-refractivity contribution < 1.29 is 24.0 Å². The zero-order chi connectivity index (χ0) is 16.4. The standard InChI is InChI=1S/C17H13NO5/c1-2-22-14-10-6-5-9-13(14)17(21)23-18-15(19)11-7-3-4-8-12(11)16(18)20/h3-10H,2H2,1H3. The van der Waals surface area contributed by atoms with Crippen LogP contribution in [0.25, 0.3) is 0 Å². The Kier molecular flexibility index (Phi) is 3.80. The fourth-order valence-corrected chi connectivity index (χ4v) is 2.30. The molecule has 0 saturated heterocycles. The van der Waals surface area contributed by atoms with Gasteiger partial charge in [-0.2, -0.15) is 0 Å². The number of hydrogen-bond acceptors (Lipinski definition) is 5. The zero-order valence-electron chi connectivity index (χ0n) is 12.3. The molecule has 0 aliphatic carbocycles. The van der Waals surface area contributed by atoms with Gasteiger partial charge in [-0.25, -0.2) is 4.79 Å². The average molecular weight is 311 g/mol. The second kappa shape index (κ2) is 5.92. The van der Waals surface area contributed by atoms with E-state index in [9.17, 15) is 14.4 Å². The van der Waals surface area contributed by atoms with Gasteiger partial charge in [0, 0.05) is 0 Å². The van der Waals surface area contributed by atoms with E-state index in [4.69, 9.17) is 9.57 Å². The van der Waals surface area contributed by atoms with Crippen LogP contribution in [-0.4, -0.2) is 29.5 Å². The first-order chi connectivity index (χ1) is 11.1. The highest BCUT2D eigenvalue weighted by Gasteiger charge is 2.39. The molecule has 2 aromatic carbocycles. The summed E-state index contributed by atoms with van der Waals surface area (Å²) < 4.78 is 5.35. The van der Waals surface area contributed by atoms with Gasteiger partial charge in [0.05, 0.1) is 17.7 Å². The number of para-hydroxylation sites is 1. The van der Waals surface area contributed by atoms with Crippen molar-refractivity contribution in [2.45, 2.75) is 6.92 Å². The van der Waals surface area contributed by atoms with Crippen LogP contribution in [0.5, 0.6) is 5.75 Å². The third kappa shape index (κ3) is 2.55. The van der Waals surface area contributed by atoms with Crippen LogP contribution in [0.15, 0.2) is 48.5 Å². The van der Waals surface area contributed by atoms with Gasteiger partial charge in [-0.1, -0.05) is 29.3 Å². The maximum Gasteiger partial charge on any atom is 0.367 e. The highest BCUT2D eigenvalue weighted by atomic mass is 16.7. The van der Waals surface area contributed by atoms with Crippen LogP contribution in [0.1, 0.15) is 38.0 Å². The van der Waals surface area contributed by atoms with Gasteiger partial charge in [0.15, 0.2) is 0 Å². The van der Waals surface area contributed by atoms with Crippen molar-refractivity contribution in [3.63, 3.8) is 0 Å². The van der Waals surface area contributed by atoms with Crippen molar-refractivity contribution >= 4 is 17.8 Å². The Hall–Kier alpha value is -3.15. The number of hydroxylamine groups is 2. The molecule has 0 radical (unpaired) electrons. The van der Waals surface area contributed by atoms with Gasteiger partial charge in [0.25, 0.3) is 11.8 Å². The lowest BCUT2D eigenvalue weighted by Crippen LogP contribution is -2.32. The summed E-state index contributed by atoms with van der Waals surface area (Å²) in [5.74, 6) is -1.82. The molecule has 2 aromatic rings. The number of ether oxygens (including phenoxy) is 1. The molecule has 3 rings (SSSR count). The minimum atomic E-state index is -0.830. The minimum absolute atomic E-state index is 0.144. The summed E-state index contributed by atoms with van der Waals surface area (Å²) in [5.41, 5.74) is 0.567. The van der Waals surface area contributed by atoms with E-state index in [1.165, 1.54) is 18.2 Å². The molecular formula is C17H13NO5. The number of carbonyl (C=O) groups excluding carboxylic acids is 3. The quantitative estimate of drug-likeness (QED) is 0.811. The van der Waals surface area contributed by atoms with Crippen LogP contribution in [0.3, 0.4) is 0 Å². The molecule has 0 fully saturated rings. The number of rotatable bonds is 4. The van der Waals surface area contributed by atoms with E-state index in [1.807, 2.05) is 0 Å². The summed E-state index contributed by atoms with van der Waals surface area (Å²) >= 11 is 0. The molecule has 2 amide bonds. The lowest BCUT2D eigenvalue weighted by atomic mass is 10.1. The van der Waals surface area contributed by atoms with Gasteiger partial charge >= 0.3 is 5.97 Å². The normalized spacial score (nSPS) is 13.0. The third-order valence-corrected chi connectivity index (χ3v) is 3.34. The predicted octanol–water partition coefficient (Wildman–Crippen LogP) is 2.45. The first-order valence-electron chi connectivity index (χ1n) is 7.05. The topological polar surface area (TPSA) is 72.9 Å². The fraction of sp³-hybridized carbons (Fsp3) is 0.118. The van der Waals surface area contributed by atoms with E-state index >= 15 is 0 Å². The number of benzene rings is 2. The minimum Gasteiger partial charge on any atom is -0.493 e. The van der Waals surface area contributed by atoms with E-state index in [-0.39, 0.29) is 16.7 Å². The van der Waals surface area contributed by atoms with Crippen LogP contribution in [0, 0.1) is 0 Å². The summed E-state index contributed by atoms with van der Waals surface area (Å²) in [6.07, 6.45) is 0. The van der Waals surface area contributed by atoms with Gasteiger partial charge < -0.3 is 9.57 Å². The van der Waals surface area contributed by atoms with Gasteiger partial charge in [0.1, 0.15) is 11.3 Å². The van der Waals surface area contributed by atoms with E-state index in [0.717, 1.165) is 0 Å². The highest BCUT2D eigenvalue weighted by molar-refractivity contribution is 6.21. The van der Waals surface area contributed by atoms with Crippen molar-refractivity contribution in [3.05, 3.63) is 65.2 Å². The molecule has 1 aliphatic rings. The highest BCUT2D eigenvalue weighted by Crippen LogP contribution is 2.25. The summed E-state index contributed by atoms with van der Waals surface area (Å²) in [4.78, 5) is 41.7. The summed E-state index contributed by atoms with van der Waals surface area (Å²) in [7, 11) is 0. The second-order valence-electron chi connectivity index (χ2n) is 4.76. The Bertz CT molecular complexity index is 764. The molecule has 116 valence electrons. The second-order valence-corrected chi connectivity index (χ2v) is 4.76. The van der Waals surface area contributed by atoms with E-state index in [0.29, 0.717) is 17.4 Å². The van der Waals surface area contributed by atoms with Crippen molar-refractivity contribution in [2.75, 3.05) is 6.61 Å². The molecule has 1 aliphatic heterocycles. The fourth-order valence-electron chi connectivity index (χ4n) is 2.30. The smallest absolute Gasteiger partial charge is 0.367 e. The Morgan fingerprint density at radius 2 is 1.52 bits per heavy atom. The van der Waals surface area contributed by atoms with E-state index < -0.39 is 17.8 Å². The molecule has 1 heterocycles. The SMILES string of the molecule is CCOc1ccccc1C(=O)ON1C(=O)c2ccccc2C1=O. The maximum absolute atomic E-state index is 12.3. The lowest BCUT2D eigenvalue weighted by Gasteiger charge is -2.14. The Morgan fingerprint density at radius 3 is 2.13 bits per heavy atom. The zero-order valence-corrected chi connectivity index (χ0v) is 12.3. The molecule has 0 saturated carbocycles. The van der Waals surface area contributed by atoms with Gasteiger partial charge in [-0.15, -0.1) is 0 Å². The number of carbonyl (C=O) groups is 3. The molecule has 0 spiro atoms. The van der Waals surface area contributed by atoms with Crippen molar-refractivity contribution in [1.29, 1.82) is 0 Å². The van der Waals surface area contributed by atoms with E-state index in [2.05, 4.69) is 0 Å². The predicted molar refractivity (Wildman–Crippen MR) is 80.0 cm³/mol. The van der Waals surface area contributed by atoms with Crippen molar-refractivity contribution in [3.8, 4) is 5.75 Å². The van der Waals surface area contributed by atoms with E-state index in [1.54, 1.807) is 37.3 Å². The molecule has 0 aromatic heterocycles. The number of amides is 2. The first kappa shape index (κ1) is 14.8.